The third-order valence-electron chi connectivity index (χ3n) is 15.4. The second kappa shape index (κ2) is 57.7. The van der Waals surface area contributed by atoms with Crippen molar-refractivity contribution in [2.45, 2.75) is 353 Å². The number of aliphatic hydroxyl groups is 1. The van der Waals surface area contributed by atoms with E-state index in [1.807, 2.05) is 21.1 Å². The summed E-state index contributed by atoms with van der Waals surface area (Å²) in [4.78, 5) is 25.6. The molecule has 0 saturated heterocycles. The number of allylic oxidation sites excluding steroid dienone is 4. The molecule has 8 nitrogen and oxygen atoms in total. The Morgan fingerprint density at radius 3 is 1.11 bits per heavy atom. The number of unbranched alkanes of at least 4 members (excludes halogenated alkanes) is 45. The van der Waals surface area contributed by atoms with Crippen LogP contribution >= 0.6 is 7.82 Å². The van der Waals surface area contributed by atoms with Crippen molar-refractivity contribution in [1.82, 2.24) is 5.32 Å². The lowest BCUT2D eigenvalue weighted by atomic mass is 10.0. The maximum absolute atomic E-state index is 13.0. The Morgan fingerprint density at radius 1 is 0.467 bits per heavy atom. The minimum Gasteiger partial charge on any atom is -0.756 e. The third kappa shape index (κ3) is 60.5. The summed E-state index contributed by atoms with van der Waals surface area (Å²) in [5, 5.41) is 14.1. The Kier molecular flexibility index (Phi) is 56.9. The highest BCUT2D eigenvalue weighted by atomic mass is 31.2. The number of nitrogens with zero attached hydrogens (tertiary/aromatic N) is 1. The molecule has 0 radical (unpaired) electrons. The fraction of sp³-hybridized carbons (Fsp3) is 0.924. The maximum Gasteiger partial charge on any atom is 0.268 e. The second-order valence-electron chi connectivity index (χ2n) is 24.2. The van der Waals surface area contributed by atoms with E-state index in [1.165, 1.54) is 270 Å². The molecule has 2 N–H and O–H groups in total. The lowest BCUT2D eigenvalue weighted by Crippen LogP contribution is -2.46. The van der Waals surface area contributed by atoms with Gasteiger partial charge in [-0.25, -0.2) is 0 Å². The van der Waals surface area contributed by atoms with Crippen molar-refractivity contribution in [2.75, 3.05) is 40.9 Å². The predicted molar refractivity (Wildman–Crippen MR) is 325 cm³/mol. The number of rotatable bonds is 62. The zero-order valence-corrected chi connectivity index (χ0v) is 51.9. The van der Waals surface area contributed by atoms with Crippen molar-refractivity contribution >= 4 is 13.7 Å². The van der Waals surface area contributed by atoms with Gasteiger partial charge in [0.25, 0.3) is 7.82 Å². The summed E-state index contributed by atoms with van der Waals surface area (Å²) in [6.45, 7) is 4.78. The molecular formula is C66H131N2O6P. The van der Waals surface area contributed by atoms with Gasteiger partial charge in [-0.15, -0.1) is 0 Å². The number of hydrogen-bond donors (Lipinski definition) is 2. The average molecular weight is 1080 g/mol. The van der Waals surface area contributed by atoms with Crippen LogP contribution in [0.4, 0.5) is 0 Å². The van der Waals surface area contributed by atoms with E-state index in [0.29, 0.717) is 23.9 Å². The molecule has 0 rings (SSSR count). The van der Waals surface area contributed by atoms with Crippen molar-refractivity contribution in [2.24, 2.45) is 0 Å². The zero-order valence-electron chi connectivity index (χ0n) is 51.0. The van der Waals surface area contributed by atoms with Crippen LogP contribution in [0.2, 0.25) is 0 Å². The smallest absolute Gasteiger partial charge is 0.268 e. The molecule has 75 heavy (non-hydrogen) atoms. The first-order valence-electron chi connectivity index (χ1n) is 33.2. The first kappa shape index (κ1) is 74.0. The summed E-state index contributed by atoms with van der Waals surface area (Å²) in [7, 11) is 1.32. The molecule has 0 aliphatic carbocycles. The number of hydrogen-bond acceptors (Lipinski definition) is 6. The molecular weight excluding hydrogens is 948 g/mol. The van der Waals surface area contributed by atoms with Crippen molar-refractivity contribution in [1.29, 1.82) is 0 Å². The Bertz CT molecular complexity index is 1270. The summed E-state index contributed by atoms with van der Waals surface area (Å²) in [6, 6.07) is -0.801. The molecule has 1 amide bonds. The number of amides is 1. The maximum atomic E-state index is 13.0. The van der Waals surface area contributed by atoms with Gasteiger partial charge in [-0.3, -0.25) is 9.36 Å². The fourth-order valence-corrected chi connectivity index (χ4v) is 11.0. The van der Waals surface area contributed by atoms with E-state index >= 15 is 0 Å². The van der Waals surface area contributed by atoms with Crippen LogP contribution in [0.1, 0.15) is 341 Å². The van der Waals surface area contributed by atoms with Gasteiger partial charge in [-0.05, 0) is 44.9 Å². The van der Waals surface area contributed by atoms with Gasteiger partial charge in [0.2, 0.25) is 5.91 Å². The van der Waals surface area contributed by atoms with Crippen molar-refractivity contribution in [3.8, 4) is 0 Å². The number of aliphatic hydroxyl groups excluding tert-OH is 1. The van der Waals surface area contributed by atoms with Crippen LogP contribution < -0.4 is 10.2 Å². The molecule has 3 unspecified atom stereocenters. The number of carbonyl (C=O) groups excluding carboxylic acids is 1. The van der Waals surface area contributed by atoms with Crippen LogP contribution in [-0.2, 0) is 18.4 Å². The number of phosphoric ester groups is 1. The average Bonchev–Trinajstić information content (AvgIpc) is 3.37. The van der Waals surface area contributed by atoms with Gasteiger partial charge in [-0.1, -0.05) is 314 Å². The molecule has 0 aromatic rings. The van der Waals surface area contributed by atoms with Crippen molar-refractivity contribution in [3.63, 3.8) is 0 Å². The lowest BCUT2D eigenvalue weighted by Gasteiger charge is -2.30. The molecule has 0 heterocycles. The van der Waals surface area contributed by atoms with Crippen LogP contribution in [0, 0.1) is 0 Å². The van der Waals surface area contributed by atoms with Gasteiger partial charge in [0.1, 0.15) is 13.2 Å². The summed E-state index contributed by atoms with van der Waals surface area (Å²) >= 11 is 0. The largest absolute Gasteiger partial charge is 0.756 e. The van der Waals surface area contributed by atoms with Crippen LogP contribution in [-0.4, -0.2) is 68.5 Å². The Balaban J connectivity index is 4.06. The van der Waals surface area contributed by atoms with Crippen LogP contribution in [0.15, 0.2) is 24.3 Å². The van der Waals surface area contributed by atoms with Crippen LogP contribution in [0.3, 0.4) is 0 Å². The van der Waals surface area contributed by atoms with Gasteiger partial charge in [0.05, 0.1) is 39.9 Å². The van der Waals surface area contributed by atoms with E-state index < -0.39 is 20.0 Å². The molecule has 0 saturated carbocycles. The van der Waals surface area contributed by atoms with E-state index in [4.69, 9.17) is 9.05 Å². The molecule has 9 heteroatoms. The minimum atomic E-state index is -4.58. The normalized spacial score (nSPS) is 13.9. The van der Waals surface area contributed by atoms with E-state index in [1.54, 1.807) is 0 Å². The number of carbonyl (C=O) groups is 1. The highest BCUT2D eigenvalue weighted by molar-refractivity contribution is 7.45. The molecule has 0 aromatic heterocycles. The highest BCUT2D eigenvalue weighted by Crippen LogP contribution is 2.38. The number of quaternary nitrogens is 1. The lowest BCUT2D eigenvalue weighted by molar-refractivity contribution is -0.870. The highest BCUT2D eigenvalue weighted by Gasteiger charge is 2.24. The van der Waals surface area contributed by atoms with Gasteiger partial charge in [0.15, 0.2) is 0 Å². The molecule has 0 bridgehead atoms. The van der Waals surface area contributed by atoms with E-state index in [-0.39, 0.29) is 19.1 Å². The SMILES string of the molecule is CCCCCCCCCCC/C=C\C/C=C\CCCCCCCCCCCCCCCC(=O)NC(COP(=O)([O-])OCC[N+](C)(C)C)C(O)CCCCCCCCCCCCCCCCCCCCCCCCCC. The van der Waals surface area contributed by atoms with E-state index in [0.717, 1.165) is 44.9 Å². The standard InChI is InChI=1S/C66H131N2O6P/c1-6-8-10-12-14-16-18-20-22-24-26-28-30-32-33-34-35-36-38-40-42-44-46-48-50-52-54-56-58-60-66(70)67-64(63-74-75(71,72)73-62-61-68(3,4)5)65(69)59-57-55-53-51-49-47-45-43-41-39-37-31-29-27-25-23-21-19-17-15-13-11-9-7-2/h26,28,32-33,64-65,69H,6-25,27,29-31,34-63H2,1-5H3,(H-,67,70,71,72)/b28-26-,33-32-. The van der Waals surface area contributed by atoms with Crippen LogP contribution in [0.5, 0.6) is 0 Å². The molecule has 0 aromatic carbocycles. The Morgan fingerprint density at radius 2 is 0.773 bits per heavy atom. The van der Waals surface area contributed by atoms with Gasteiger partial charge < -0.3 is 28.8 Å². The number of nitrogens with one attached hydrogen (secondary N) is 1. The van der Waals surface area contributed by atoms with E-state index in [9.17, 15) is 19.4 Å². The summed E-state index contributed by atoms with van der Waals surface area (Å²) < 4.78 is 23.5. The van der Waals surface area contributed by atoms with Crippen molar-refractivity contribution < 1.29 is 32.9 Å². The topological polar surface area (TPSA) is 108 Å². The molecule has 0 aliphatic heterocycles. The van der Waals surface area contributed by atoms with Crippen LogP contribution in [0.25, 0.3) is 0 Å². The Labute approximate surface area is 468 Å². The molecule has 0 spiro atoms. The first-order chi connectivity index (χ1) is 36.5. The first-order valence-corrected chi connectivity index (χ1v) is 34.6. The van der Waals surface area contributed by atoms with Gasteiger partial charge in [0, 0.05) is 6.42 Å². The molecule has 0 aliphatic rings. The zero-order chi connectivity index (χ0) is 54.9. The molecule has 0 fully saturated rings. The molecule has 446 valence electrons. The summed E-state index contributed by atoms with van der Waals surface area (Å²) in [6.07, 6.45) is 73.8. The number of likely N-dealkylation sites (N-methyl/N-ethyl adjacent to an activating group) is 1. The second-order valence-corrected chi connectivity index (χ2v) is 25.6. The predicted octanol–water partition coefficient (Wildman–Crippen LogP) is 20.1. The monoisotopic (exact) mass is 1080 g/mol. The number of phosphoric acid groups is 1. The van der Waals surface area contributed by atoms with E-state index in [2.05, 4.69) is 43.5 Å². The quantitative estimate of drug-likeness (QED) is 0.0272. The summed E-state index contributed by atoms with van der Waals surface area (Å²) in [5.41, 5.74) is 0. The summed E-state index contributed by atoms with van der Waals surface area (Å²) in [5.74, 6) is -0.159. The fourth-order valence-electron chi connectivity index (χ4n) is 10.3. The Hall–Kier alpha value is -1.02. The van der Waals surface area contributed by atoms with Gasteiger partial charge >= 0.3 is 0 Å². The third-order valence-corrected chi connectivity index (χ3v) is 16.4. The van der Waals surface area contributed by atoms with Crippen molar-refractivity contribution in [3.05, 3.63) is 24.3 Å². The molecule has 3 atom stereocenters. The van der Waals surface area contributed by atoms with Gasteiger partial charge in [-0.2, -0.15) is 0 Å². The minimum absolute atomic E-state index is 0.0139.